The zero-order chi connectivity index (χ0) is 108. The van der Waals surface area contributed by atoms with Crippen LogP contribution in [0.5, 0.6) is 0 Å². The molecule has 814 valence electrons. The zero-order valence-corrected chi connectivity index (χ0v) is 83.8. The summed E-state index contributed by atoms with van der Waals surface area (Å²) in [4.78, 5) is 239. The minimum Gasteiger partial charge on any atom is -0.480 e. The number of carbonyl (C=O) groups excluding carboxylic acids is 15. The number of guanidine groups is 8. The van der Waals surface area contributed by atoms with Gasteiger partial charge in [0, 0.05) is 85.1 Å². The van der Waals surface area contributed by atoms with E-state index in [0.717, 1.165) is 0 Å². The van der Waals surface area contributed by atoms with E-state index in [1.165, 1.54) is 31.4 Å². The molecule has 0 unspecified atom stereocenters. The summed E-state index contributed by atoms with van der Waals surface area (Å²) in [6.07, 6.45) is 3.32. The van der Waals surface area contributed by atoms with E-state index < -0.39 is 203 Å². The highest BCUT2D eigenvalue weighted by Gasteiger charge is 2.48. The minimum atomic E-state index is -1.45. The fourth-order valence-corrected chi connectivity index (χ4v) is 17.9. The van der Waals surface area contributed by atoms with Crippen LogP contribution in [0.1, 0.15) is 214 Å². The van der Waals surface area contributed by atoms with E-state index >= 15 is 19.2 Å². The van der Waals surface area contributed by atoms with Gasteiger partial charge < -0.3 is 177 Å². The quantitative estimate of drug-likeness (QED) is 0.0153. The lowest BCUT2D eigenvalue weighted by Gasteiger charge is -2.33. The number of likely N-dealkylation sites (tertiary alicyclic amines) is 5. The van der Waals surface area contributed by atoms with E-state index in [4.69, 9.17) is 94.9 Å². The van der Waals surface area contributed by atoms with E-state index in [0.29, 0.717) is 25.7 Å². The van der Waals surface area contributed by atoms with Crippen LogP contribution < -0.4 is 147 Å². The summed E-state index contributed by atoms with van der Waals surface area (Å²) in [5, 5.41) is 120. The van der Waals surface area contributed by atoms with Crippen LogP contribution in [0, 0.1) is 55.1 Å². The molecule has 5 aliphatic rings. The maximum atomic E-state index is 15.2. The van der Waals surface area contributed by atoms with Crippen LogP contribution in [0.15, 0.2) is 0 Å². The number of hydrogen-bond donors (Lipinski definition) is 36. The average Bonchev–Trinajstić information content (AvgIpc) is 1.64. The first kappa shape index (κ1) is 121. The van der Waals surface area contributed by atoms with Gasteiger partial charge in [-0.25, -0.2) is 4.79 Å². The number of nitrogens with one attached hydrogen (secondary N) is 26. The number of carbonyl (C=O) groups is 16. The Morgan fingerprint density at radius 2 is 0.517 bits per heavy atom. The highest BCUT2D eigenvalue weighted by molar-refractivity contribution is 6.02. The predicted octanol–water partition coefficient (Wildman–Crippen LogP) is -9.58. The van der Waals surface area contributed by atoms with E-state index in [2.05, 4.69) is 95.7 Å². The van der Waals surface area contributed by atoms with Crippen LogP contribution in [0.4, 0.5) is 0 Å². The van der Waals surface area contributed by atoms with E-state index in [1.54, 1.807) is 27.7 Å². The molecule has 5 rings (SSSR count). The van der Waals surface area contributed by atoms with Gasteiger partial charge in [-0.1, -0.05) is 34.1 Å². The summed E-state index contributed by atoms with van der Waals surface area (Å²) in [6.45, 7) is 9.26. The summed E-state index contributed by atoms with van der Waals surface area (Å²) in [5.74, 6) is -16.5. The molecule has 5 saturated heterocycles. The van der Waals surface area contributed by atoms with Crippen LogP contribution >= 0.6 is 0 Å². The summed E-state index contributed by atoms with van der Waals surface area (Å²) >= 11 is 0. The van der Waals surface area contributed by atoms with Gasteiger partial charge in [-0.05, 0) is 192 Å². The Balaban J connectivity index is 1.34. The zero-order valence-electron chi connectivity index (χ0n) is 83.8. The Bertz CT molecular complexity index is 4490. The van der Waals surface area contributed by atoms with E-state index in [9.17, 15) is 62.6 Å². The Kier molecular flexibility index (Phi) is 52.0. The smallest absolute Gasteiger partial charge is 0.326 e. The standard InChI is InChI=1S/C88H160N40O17/c1-6-48(4)64(123-68(132)52(22-9-35-108-83(94)95)116-66(130)50(89)20-7-33-106-81(90)91)74(138)120-56(26-13-39-112-87(102)103)78(142)126-43-17-30-61(126)71(135)117-53(23-10-36-109-84(96)97)75(139)124-41-15-28-59(124)69(133)114-49(5)65(129)115-51(21-8-34-107-82(92)93)67(131)122-58(46-47(2)3)79(143)128-45-19-31-62(128)72(136)119-54(24-11-37-110-85(98)99)76(140)125-42-16-29-60(125)70(134)118-55(25-12-38-111-86(100)101)77(141)127-44-18-32-63(127)73(137)121-57(80(144)145)27-14-40-113-88(104)105/h47-64H,6-46,89H2,1-5H3,(H,114,133)(H,115,129)(H,116,130)(H,117,135)(H,118,134)(H,119,136)(H,120,138)(H,121,137)(H,122,131)(H,123,132)(H,144,145)(H4,90,91,106)(H4,92,93,107)(H4,94,95,108)(H4,96,97,109)(H4,98,99,110)(H4,100,101,111)(H4,102,103,112)(H4,104,105,113)/t48-,49-,50-,51-,52-,53-,54-,55-,56-,57-,58-,59-,60-,61-,62-,63-,64-/m0/s1. The highest BCUT2D eigenvalue weighted by Crippen LogP contribution is 2.29. The molecule has 57 heteroatoms. The van der Waals surface area contributed by atoms with Gasteiger partial charge in [0.1, 0.15) is 90.6 Å². The molecule has 0 saturated carbocycles. The summed E-state index contributed by atoms with van der Waals surface area (Å²) < 4.78 is 0. The Morgan fingerprint density at radius 3 is 0.793 bits per heavy atom. The SMILES string of the molecule is CC[C@H](C)[C@H](NC(=O)[C@H](CCCNC(=N)N)NC(=O)[C@@H](N)CCCNC(=N)N)C(=O)N[C@@H](CCCNC(=N)N)C(=O)N1CCC[C@H]1C(=O)N[C@@H](CCCNC(=N)N)C(=O)N1CCC[C@H]1C(=O)N[C@@H](C)C(=O)N[C@@H](CCCNC(=N)N)C(=O)N[C@@H](CC(C)C)C(=O)N1CCC[C@H]1C(=O)N[C@@H](CCCNC(=N)N)C(=O)N1CCC[C@H]1C(=O)N[C@@H](CCCNC(=N)N)C(=O)N1CCC[C@H]1C(=O)N[C@@H](CCCNC(=N)N)C(=O)O. The van der Waals surface area contributed by atoms with Crippen LogP contribution in [0.3, 0.4) is 0 Å². The molecular formula is C88H160N40O17. The Labute approximate surface area is 843 Å². The molecule has 17 atom stereocenters. The molecule has 0 bridgehead atoms. The largest absolute Gasteiger partial charge is 0.480 e. The number of aliphatic carboxylic acids is 1. The molecule has 0 spiro atoms. The van der Waals surface area contributed by atoms with Crippen LogP contribution in [-0.2, 0) is 76.7 Å². The Morgan fingerprint density at radius 1 is 0.290 bits per heavy atom. The van der Waals surface area contributed by atoms with Gasteiger partial charge in [0.05, 0.1) is 6.04 Å². The van der Waals surface area contributed by atoms with Crippen molar-refractivity contribution in [3.05, 3.63) is 0 Å². The molecular weight excluding hydrogens is 1890 g/mol. The lowest BCUT2D eigenvalue weighted by Crippen LogP contribution is -2.61. The molecule has 15 amide bonds. The van der Waals surface area contributed by atoms with Crippen molar-refractivity contribution in [3.8, 4) is 0 Å². The number of carboxylic acid groups (broad SMARTS) is 1. The molecule has 5 aliphatic heterocycles. The van der Waals surface area contributed by atoms with Crippen LogP contribution in [-0.4, -0.2) is 354 Å². The number of rotatable bonds is 62. The van der Waals surface area contributed by atoms with Crippen LogP contribution in [0.2, 0.25) is 0 Å². The lowest BCUT2D eigenvalue weighted by molar-refractivity contribution is -0.146. The topological polar surface area (TPSA) is 951 Å². The van der Waals surface area contributed by atoms with Gasteiger partial charge in [0.2, 0.25) is 88.6 Å². The van der Waals surface area contributed by atoms with Gasteiger partial charge in [-0.15, -0.1) is 0 Å². The van der Waals surface area contributed by atoms with Crippen molar-refractivity contribution in [2.45, 2.75) is 311 Å². The monoisotopic (exact) mass is 2050 g/mol. The third-order valence-corrected chi connectivity index (χ3v) is 25.6. The molecule has 0 aromatic carbocycles. The number of amides is 15. The Hall–Kier alpha value is -14.4. The first-order valence-electron chi connectivity index (χ1n) is 49.8. The molecule has 45 N–H and O–H groups in total. The molecule has 0 aliphatic carbocycles. The molecule has 145 heavy (non-hydrogen) atoms. The second-order valence-corrected chi connectivity index (χ2v) is 37.5. The molecule has 5 fully saturated rings. The second kappa shape index (κ2) is 62.3. The van der Waals surface area contributed by atoms with Crippen molar-refractivity contribution < 1.29 is 81.8 Å². The predicted molar refractivity (Wildman–Crippen MR) is 536 cm³/mol. The first-order valence-corrected chi connectivity index (χ1v) is 49.8. The van der Waals surface area contributed by atoms with Gasteiger partial charge in [-0.3, -0.25) is 115 Å². The maximum Gasteiger partial charge on any atom is 0.326 e. The van der Waals surface area contributed by atoms with Gasteiger partial charge >= 0.3 is 5.97 Å². The lowest BCUT2D eigenvalue weighted by atomic mass is 9.96. The van der Waals surface area contributed by atoms with Crippen LogP contribution in [0.25, 0.3) is 0 Å². The fraction of sp³-hybridized carbons (Fsp3) is 0.727. The third kappa shape index (κ3) is 41.5. The second-order valence-electron chi connectivity index (χ2n) is 37.5. The van der Waals surface area contributed by atoms with Gasteiger partial charge in [-0.2, -0.15) is 0 Å². The summed E-state index contributed by atoms with van der Waals surface area (Å²) in [7, 11) is 0. The summed E-state index contributed by atoms with van der Waals surface area (Å²) in [6, 6.07) is -20.8. The van der Waals surface area contributed by atoms with Crippen molar-refractivity contribution >= 4 is 142 Å². The normalized spacial score (nSPS) is 18.8. The highest BCUT2D eigenvalue weighted by atomic mass is 16.4. The van der Waals surface area contributed by atoms with E-state index in [-0.39, 0.29) is 287 Å². The molecule has 57 nitrogen and oxygen atoms in total. The van der Waals surface area contributed by atoms with Crippen molar-refractivity contribution in [1.82, 2.24) is 120 Å². The number of nitrogens with zero attached hydrogens (tertiary/aromatic N) is 5. The molecule has 0 aromatic rings. The minimum absolute atomic E-state index is 0.00128. The van der Waals surface area contributed by atoms with Crippen molar-refractivity contribution in [1.29, 1.82) is 43.3 Å². The van der Waals surface area contributed by atoms with E-state index in [1.807, 2.05) is 0 Å². The number of nitrogens with two attached hydrogens (primary N) is 9. The summed E-state index contributed by atoms with van der Waals surface area (Å²) in [5.41, 5.74) is 50.5. The maximum absolute atomic E-state index is 15.2. The number of hydrogen-bond acceptors (Lipinski definition) is 25. The average molecular weight is 2050 g/mol. The van der Waals surface area contributed by atoms with Crippen molar-refractivity contribution in [3.63, 3.8) is 0 Å². The van der Waals surface area contributed by atoms with Crippen molar-refractivity contribution in [2.24, 2.45) is 63.4 Å². The third-order valence-electron chi connectivity index (χ3n) is 25.6. The molecule has 5 heterocycles. The van der Waals surface area contributed by atoms with Gasteiger partial charge in [0.15, 0.2) is 47.7 Å². The van der Waals surface area contributed by atoms with Crippen molar-refractivity contribution in [2.75, 3.05) is 85.1 Å². The fourth-order valence-electron chi connectivity index (χ4n) is 17.9. The first-order chi connectivity index (χ1) is 68.7. The molecule has 0 radical (unpaired) electrons. The molecule has 0 aromatic heterocycles. The number of carboxylic acids is 1. The van der Waals surface area contributed by atoms with Gasteiger partial charge in [0.25, 0.3) is 0 Å².